The Balaban J connectivity index is 1.25. The zero-order valence-corrected chi connectivity index (χ0v) is 18.8. The molecule has 1 amide bonds. The van der Waals surface area contributed by atoms with Gasteiger partial charge >= 0.3 is 0 Å². The topological polar surface area (TPSA) is 103 Å². The molecule has 0 radical (unpaired) electrons. The van der Waals surface area contributed by atoms with Gasteiger partial charge in [0.15, 0.2) is 0 Å². The third kappa shape index (κ3) is 5.47. The molecule has 0 bridgehead atoms. The second kappa shape index (κ2) is 10.2. The van der Waals surface area contributed by atoms with Gasteiger partial charge in [-0.25, -0.2) is 9.97 Å². The molecule has 168 valence electrons. The highest BCUT2D eigenvalue weighted by Crippen LogP contribution is 2.27. The molecule has 2 aromatic rings. The van der Waals surface area contributed by atoms with E-state index in [0.717, 1.165) is 51.1 Å². The average Bonchev–Trinajstić information content (AvgIpc) is 2.80. The zero-order valence-electron chi connectivity index (χ0n) is 18.1. The molecule has 2 heterocycles. The number of ether oxygens (including phenoxy) is 1. The molecule has 1 aliphatic carbocycles. The van der Waals surface area contributed by atoms with Crippen LogP contribution >= 0.6 is 11.6 Å². The summed E-state index contributed by atoms with van der Waals surface area (Å²) in [5.41, 5.74) is 0.770. The third-order valence-corrected chi connectivity index (χ3v) is 6.25. The summed E-state index contributed by atoms with van der Waals surface area (Å²) in [5, 5.41) is 15.8. The van der Waals surface area contributed by atoms with Crippen LogP contribution in [0.15, 0.2) is 30.6 Å². The van der Waals surface area contributed by atoms with Crippen molar-refractivity contribution in [2.75, 3.05) is 24.5 Å². The molecular formula is C23H27ClN6O2. The van der Waals surface area contributed by atoms with Gasteiger partial charge in [0.2, 0.25) is 0 Å². The standard InChI is InChI=1S/C23H27ClN6O2/c1-15-14-30(9-8-26-15)22-13-27-21(12-28-22)23(31)29-17-3-6-18(7-4-17)32-19-5-2-16(11-25)20(24)10-19/h2,5,10,12-13,15,17-18,26H,3-4,6-9,14H2,1H3,(H,29,31)/t15-,17-,18-/m1/s1. The Morgan fingerprint density at radius 1 is 1.28 bits per heavy atom. The number of rotatable bonds is 5. The Morgan fingerprint density at radius 3 is 2.75 bits per heavy atom. The summed E-state index contributed by atoms with van der Waals surface area (Å²) in [7, 11) is 0. The van der Waals surface area contributed by atoms with E-state index in [0.29, 0.717) is 28.1 Å². The number of carbonyl (C=O) groups excluding carboxylic acids is 1. The number of nitriles is 1. The minimum Gasteiger partial charge on any atom is -0.490 e. The molecule has 0 spiro atoms. The van der Waals surface area contributed by atoms with Crippen molar-refractivity contribution in [2.45, 2.75) is 50.8 Å². The first kappa shape index (κ1) is 22.3. The summed E-state index contributed by atoms with van der Waals surface area (Å²) >= 11 is 6.08. The van der Waals surface area contributed by atoms with Gasteiger partial charge < -0.3 is 20.3 Å². The van der Waals surface area contributed by atoms with E-state index in [1.807, 2.05) is 6.07 Å². The molecule has 4 rings (SSSR count). The summed E-state index contributed by atoms with van der Waals surface area (Å²) < 4.78 is 6.01. The summed E-state index contributed by atoms with van der Waals surface area (Å²) in [6, 6.07) is 7.64. The highest BCUT2D eigenvalue weighted by molar-refractivity contribution is 6.31. The van der Waals surface area contributed by atoms with Gasteiger partial charge in [0.25, 0.3) is 5.91 Å². The van der Waals surface area contributed by atoms with Gasteiger partial charge in [-0.15, -0.1) is 0 Å². The van der Waals surface area contributed by atoms with Crippen LogP contribution in [0, 0.1) is 11.3 Å². The number of hydrogen-bond acceptors (Lipinski definition) is 7. The number of piperazine rings is 1. The van der Waals surface area contributed by atoms with Gasteiger partial charge in [-0.1, -0.05) is 11.6 Å². The van der Waals surface area contributed by atoms with E-state index in [4.69, 9.17) is 21.6 Å². The van der Waals surface area contributed by atoms with Crippen molar-refractivity contribution in [3.63, 3.8) is 0 Å². The third-order valence-electron chi connectivity index (χ3n) is 5.94. The van der Waals surface area contributed by atoms with E-state index in [1.165, 1.54) is 0 Å². The fraction of sp³-hybridized carbons (Fsp3) is 0.478. The van der Waals surface area contributed by atoms with Gasteiger partial charge in [0.1, 0.15) is 23.3 Å². The van der Waals surface area contributed by atoms with E-state index < -0.39 is 0 Å². The van der Waals surface area contributed by atoms with Crippen molar-refractivity contribution in [3.8, 4) is 11.8 Å². The quantitative estimate of drug-likeness (QED) is 0.715. The molecule has 1 saturated carbocycles. The molecular weight excluding hydrogens is 428 g/mol. The normalized spacial score (nSPS) is 23.3. The minimum atomic E-state index is -0.194. The lowest BCUT2D eigenvalue weighted by atomic mass is 9.93. The number of nitrogens with zero attached hydrogens (tertiary/aromatic N) is 4. The van der Waals surface area contributed by atoms with Crippen LogP contribution in [0.25, 0.3) is 0 Å². The molecule has 2 aliphatic rings. The molecule has 1 aliphatic heterocycles. The lowest BCUT2D eigenvalue weighted by Crippen LogP contribution is -2.49. The SMILES string of the molecule is C[C@@H]1CN(c2cnc(C(=O)N[C@H]3CC[C@H](Oc4ccc(C#N)c(Cl)c4)CC3)cn2)CCN1. The molecule has 1 aromatic heterocycles. The molecule has 32 heavy (non-hydrogen) atoms. The lowest BCUT2D eigenvalue weighted by molar-refractivity contribution is 0.0888. The average molecular weight is 455 g/mol. The van der Waals surface area contributed by atoms with Crippen molar-refractivity contribution < 1.29 is 9.53 Å². The van der Waals surface area contributed by atoms with Gasteiger partial charge in [0, 0.05) is 37.8 Å². The van der Waals surface area contributed by atoms with E-state index in [9.17, 15) is 4.79 Å². The minimum absolute atomic E-state index is 0.0626. The molecule has 0 unspecified atom stereocenters. The number of anilines is 1. The number of benzene rings is 1. The number of amides is 1. The van der Waals surface area contributed by atoms with E-state index >= 15 is 0 Å². The van der Waals surface area contributed by atoms with Crippen molar-refractivity contribution >= 4 is 23.3 Å². The molecule has 1 atom stereocenters. The van der Waals surface area contributed by atoms with E-state index in [1.54, 1.807) is 30.6 Å². The summed E-state index contributed by atoms with van der Waals surface area (Å²) in [6.07, 6.45) is 6.60. The molecule has 1 saturated heterocycles. The first-order chi connectivity index (χ1) is 15.5. The number of carbonyl (C=O) groups is 1. The maximum absolute atomic E-state index is 12.6. The Kier molecular flexibility index (Phi) is 7.08. The number of nitrogens with one attached hydrogen (secondary N) is 2. The van der Waals surface area contributed by atoms with Crippen molar-refractivity contribution in [1.29, 1.82) is 5.26 Å². The Labute approximate surface area is 192 Å². The summed E-state index contributed by atoms with van der Waals surface area (Å²) in [4.78, 5) is 23.6. The molecule has 2 fully saturated rings. The fourth-order valence-electron chi connectivity index (χ4n) is 4.18. The van der Waals surface area contributed by atoms with Gasteiger partial charge in [0.05, 0.1) is 29.1 Å². The van der Waals surface area contributed by atoms with Crippen LogP contribution in [-0.2, 0) is 0 Å². The number of hydrogen-bond donors (Lipinski definition) is 2. The van der Waals surface area contributed by atoms with Crippen molar-refractivity contribution in [1.82, 2.24) is 20.6 Å². The second-order valence-electron chi connectivity index (χ2n) is 8.38. The lowest BCUT2D eigenvalue weighted by Gasteiger charge is -2.32. The maximum Gasteiger partial charge on any atom is 0.271 e. The Morgan fingerprint density at radius 2 is 2.09 bits per heavy atom. The van der Waals surface area contributed by atoms with E-state index in [2.05, 4.69) is 32.4 Å². The highest BCUT2D eigenvalue weighted by Gasteiger charge is 2.25. The van der Waals surface area contributed by atoms with Gasteiger partial charge in [-0.05, 0) is 44.7 Å². The maximum atomic E-state index is 12.6. The molecule has 1 aromatic carbocycles. The Hall–Kier alpha value is -2.89. The first-order valence-electron chi connectivity index (χ1n) is 11.0. The van der Waals surface area contributed by atoms with E-state index in [-0.39, 0.29) is 18.1 Å². The zero-order chi connectivity index (χ0) is 22.5. The summed E-state index contributed by atoms with van der Waals surface area (Å²) in [6.45, 7) is 4.81. The predicted molar refractivity (Wildman–Crippen MR) is 122 cm³/mol. The summed E-state index contributed by atoms with van der Waals surface area (Å²) in [5.74, 6) is 1.27. The van der Waals surface area contributed by atoms with Crippen LogP contribution in [0.1, 0.15) is 48.7 Å². The van der Waals surface area contributed by atoms with Crippen LogP contribution in [0.3, 0.4) is 0 Å². The Bertz CT molecular complexity index is 985. The van der Waals surface area contributed by atoms with Gasteiger partial charge in [-0.2, -0.15) is 5.26 Å². The van der Waals surface area contributed by atoms with Crippen LogP contribution in [0.4, 0.5) is 5.82 Å². The highest BCUT2D eigenvalue weighted by atomic mass is 35.5. The first-order valence-corrected chi connectivity index (χ1v) is 11.4. The van der Waals surface area contributed by atoms with Crippen LogP contribution in [0.2, 0.25) is 5.02 Å². The number of halogens is 1. The van der Waals surface area contributed by atoms with Crippen molar-refractivity contribution in [3.05, 3.63) is 46.9 Å². The van der Waals surface area contributed by atoms with Crippen molar-refractivity contribution in [2.24, 2.45) is 0 Å². The second-order valence-corrected chi connectivity index (χ2v) is 8.79. The van der Waals surface area contributed by atoms with Crippen LogP contribution in [-0.4, -0.2) is 53.7 Å². The monoisotopic (exact) mass is 454 g/mol. The molecule has 8 nitrogen and oxygen atoms in total. The smallest absolute Gasteiger partial charge is 0.271 e. The molecule has 2 N–H and O–H groups in total. The molecule has 9 heteroatoms. The number of aromatic nitrogens is 2. The van der Waals surface area contributed by atoms with Gasteiger partial charge in [-0.3, -0.25) is 4.79 Å². The predicted octanol–water partition coefficient (Wildman–Crippen LogP) is 2.92. The largest absolute Gasteiger partial charge is 0.490 e. The fourth-order valence-corrected chi connectivity index (χ4v) is 4.39. The van der Waals surface area contributed by atoms with Crippen LogP contribution < -0.4 is 20.3 Å². The van der Waals surface area contributed by atoms with Crippen LogP contribution in [0.5, 0.6) is 5.75 Å².